The van der Waals surface area contributed by atoms with Crippen molar-refractivity contribution in [3.05, 3.63) is 33.8 Å². The topological polar surface area (TPSA) is 77.8 Å². The molecule has 1 aliphatic heterocycles. The van der Waals surface area contributed by atoms with Crippen LogP contribution in [0.5, 0.6) is 0 Å². The number of amides is 1. The zero-order valence-corrected chi connectivity index (χ0v) is 12.5. The van der Waals surface area contributed by atoms with Gasteiger partial charge in [-0.1, -0.05) is 15.9 Å². The summed E-state index contributed by atoms with van der Waals surface area (Å²) in [6.07, 6.45) is 0.689. The molecule has 1 aromatic carbocycles. The van der Waals surface area contributed by atoms with Gasteiger partial charge in [-0.15, -0.1) is 0 Å². The third-order valence-electron chi connectivity index (χ3n) is 2.97. The highest BCUT2D eigenvalue weighted by Crippen LogP contribution is 2.40. The Bertz CT molecular complexity index is 510. The van der Waals surface area contributed by atoms with Crippen molar-refractivity contribution >= 4 is 38.7 Å². The van der Waals surface area contributed by atoms with Crippen molar-refractivity contribution in [1.82, 2.24) is 4.90 Å². The SMILES string of the molecule is O=Cc1cc(Br)cc(C(=O)N2CCS(O)(O)CC2)c1. The second-order valence-electron chi connectivity index (χ2n) is 4.39. The van der Waals surface area contributed by atoms with Crippen molar-refractivity contribution in [2.45, 2.75) is 0 Å². The Morgan fingerprint density at radius 1 is 1.26 bits per heavy atom. The fraction of sp³-hybridized carbons (Fsp3) is 0.333. The first-order valence-corrected chi connectivity index (χ1v) is 8.38. The first-order chi connectivity index (χ1) is 8.91. The predicted molar refractivity (Wildman–Crippen MR) is 78.0 cm³/mol. The quantitative estimate of drug-likeness (QED) is 0.805. The van der Waals surface area contributed by atoms with Crippen LogP contribution in [0.15, 0.2) is 22.7 Å². The standard InChI is InChI=1S/C12H14BrNO4S/c13-11-6-9(8-15)5-10(7-11)12(16)14-1-3-19(17,18)4-2-14/h5-8,17-18H,1-4H2. The van der Waals surface area contributed by atoms with Crippen LogP contribution in [0.25, 0.3) is 0 Å². The highest BCUT2D eigenvalue weighted by atomic mass is 79.9. The Balaban J connectivity index is 2.16. The summed E-state index contributed by atoms with van der Waals surface area (Å²) in [5, 5.41) is 0. The average Bonchev–Trinajstić information content (AvgIpc) is 2.37. The second-order valence-corrected chi connectivity index (χ2v) is 7.73. The highest BCUT2D eigenvalue weighted by Gasteiger charge is 2.26. The van der Waals surface area contributed by atoms with Gasteiger partial charge in [0.15, 0.2) is 0 Å². The van der Waals surface area contributed by atoms with Gasteiger partial charge in [-0.05, 0) is 18.2 Å². The van der Waals surface area contributed by atoms with E-state index in [0.29, 0.717) is 35.0 Å². The van der Waals surface area contributed by atoms with Crippen LogP contribution in [-0.2, 0) is 0 Å². The first kappa shape index (κ1) is 14.5. The number of carbonyl (C=O) groups is 2. The Hall–Kier alpha value is -0.890. The number of aldehydes is 1. The predicted octanol–water partition coefficient (Wildman–Crippen LogP) is 2.47. The van der Waals surface area contributed by atoms with E-state index in [1.54, 1.807) is 17.0 Å². The van der Waals surface area contributed by atoms with Gasteiger partial charge in [0.2, 0.25) is 0 Å². The van der Waals surface area contributed by atoms with E-state index in [0.717, 1.165) is 0 Å². The summed E-state index contributed by atoms with van der Waals surface area (Å²) in [5.41, 5.74) is 0.855. The smallest absolute Gasteiger partial charge is 0.254 e. The van der Waals surface area contributed by atoms with Crippen LogP contribution in [-0.4, -0.2) is 50.8 Å². The molecule has 104 valence electrons. The third-order valence-corrected chi connectivity index (χ3v) is 5.10. The number of hydrogen-bond acceptors (Lipinski definition) is 4. The molecule has 0 aromatic heterocycles. The Kier molecular flexibility index (Phi) is 4.29. The summed E-state index contributed by atoms with van der Waals surface area (Å²) >= 11 is 3.26. The van der Waals surface area contributed by atoms with Crippen molar-refractivity contribution in [1.29, 1.82) is 0 Å². The zero-order chi connectivity index (χ0) is 14.0. The minimum atomic E-state index is -2.51. The lowest BCUT2D eigenvalue weighted by atomic mass is 10.1. The van der Waals surface area contributed by atoms with E-state index < -0.39 is 10.6 Å². The van der Waals surface area contributed by atoms with Crippen LogP contribution < -0.4 is 0 Å². The van der Waals surface area contributed by atoms with E-state index in [4.69, 9.17) is 0 Å². The minimum Gasteiger partial charge on any atom is -0.336 e. The fourth-order valence-electron chi connectivity index (χ4n) is 1.92. The summed E-state index contributed by atoms with van der Waals surface area (Å²) in [7, 11) is -2.51. The van der Waals surface area contributed by atoms with Crippen LogP contribution in [0.4, 0.5) is 0 Å². The van der Waals surface area contributed by atoms with Gasteiger partial charge >= 0.3 is 0 Å². The van der Waals surface area contributed by atoms with E-state index in [1.807, 2.05) is 0 Å². The maximum Gasteiger partial charge on any atom is 0.254 e. The van der Waals surface area contributed by atoms with Gasteiger partial charge in [0.1, 0.15) is 6.29 Å². The molecule has 1 fully saturated rings. The van der Waals surface area contributed by atoms with E-state index in [1.165, 1.54) is 6.07 Å². The molecule has 2 N–H and O–H groups in total. The molecule has 2 rings (SSSR count). The minimum absolute atomic E-state index is 0.195. The number of nitrogens with zero attached hydrogens (tertiary/aromatic N) is 1. The molecular formula is C12H14BrNO4S. The molecule has 19 heavy (non-hydrogen) atoms. The summed E-state index contributed by atoms with van der Waals surface area (Å²) in [5.74, 6) is 0.236. The maximum atomic E-state index is 12.3. The summed E-state index contributed by atoms with van der Waals surface area (Å²) < 4.78 is 19.7. The molecule has 1 saturated heterocycles. The van der Waals surface area contributed by atoms with Crippen LogP contribution in [0.2, 0.25) is 0 Å². The van der Waals surface area contributed by atoms with E-state index in [9.17, 15) is 18.7 Å². The highest BCUT2D eigenvalue weighted by molar-refractivity contribution is 9.10. The summed E-state index contributed by atoms with van der Waals surface area (Å²) in [6.45, 7) is 0.647. The lowest BCUT2D eigenvalue weighted by Crippen LogP contribution is -2.42. The molecule has 0 spiro atoms. The molecule has 1 aromatic rings. The van der Waals surface area contributed by atoms with Crippen LogP contribution in [0.3, 0.4) is 0 Å². The average molecular weight is 348 g/mol. The molecule has 0 saturated carbocycles. The number of rotatable bonds is 2. The summed E-state index contributed by atoms with van der Waals surface area (Å²) in [6, 6.07) is 4.82. The Labute approximate surface area is 121 Å². The monoisotopic (exact) mass is 347 g/mol. The summed E-state index contributed by atoms with van der Waals surface area (Å²) in [4.78, 5) is 24.6. The molecule has 0 radical (unpaired) electrons. The van der Waals surface area contributed by atoms with Gasteiger partial charge in [0.25, 0.3) is 5.91 Å². The third kappa shape index (κ3) is 3.56. The second kappa shape index (κ2) is 5.62. The van der Waals surface area contributed by atoms with Gasteiger partial charge in [-0.25, -0.2) is 0 Å². The van der Waals surface area contributed by atoms with Crippen LogP contribution >= 0.6 is 26.5 Å². The molecule has 7 heteroatoms. The molecular weight excluding hydrogens is 334 g/mol. The molecule has 0 atom stereocenters. The fourth-order valence-corrected chi connectivity index (χ4v) is 3.66. The number of hydrogen-bond donors (Lipinski definition) is 2. The molecule has 1 heterocycles. The van der Waals surface area contributed by atoms with Gasteiger partial charge in [0.05, 0.1) is 11.5 Å². The molecule has 0 bridgehead atoms. The van der Waals surface area contributed by atoms with E-state index in [-0.39, 0.29) is 17.4 Å². The largest absolute Gasteiger partial charge is 0.336 e. The van der Waals surface area contributed by atoms with Crippen molar-refractivity contribution in [2.24, 2.45) is 0 Å². The van der Waals surface area contributed by atoms with Gasteiger partial charge < -0.3 is 4.90 Å². The normalized spacial score (nSPS) is 19.8. The number of benzene rings is 1. The Morgan fingerprint density at radius 3 is 2.47 bits per heavy atom. The van der Waals surface area contributed by atoms with Crippen molar-refractivity contribution in [2.75, 3.05) is 24.6 Å². The molecule has 1 amide bonds. The van der Waals surface area contributed by atoms with Gasteiger partial charge in [-0.2, -0.15) is 10.6 Å². The van der Waals surface area contributed by atoms with Gasteiger partial charge in [0, 0.05) is 28.7 Å². The van der Waals surface area contributed by atoms with Crippen LogP contribution in [0.1, 0.15) is 20.7 Å². The number of carbonyl (C=O) groups excluding carboxylic acids is 2. The zero-order valence-electron chi connectivity index (χ0n) is 10.1. The van der Waals surface area contributed by atoms with Gasteiger partial charge in [-0.3, -0.25) is 18.7 Å². The van der Waals surface area contributed by atoms with Crippen molar-refractivity contribution in [3.63, 3.8) is 0 Å². The Morgan fingerprint density at radius 2 is 1.89 bits per heavy atom. The molecule has 1 aliphatic rings. The molecule has 0 unspecified atom stereocenters. The lowest BCUT2D eigenvalue weighted by molar-refractivity contribution is 0.0768. The lowest BCUT2D eigenvalue weighted by Gasteiger charge is -2.40. The molecule has 5 nitrogen and oxygen atoms in total. The number of halogens is 1. The van der Waals surface area contributed by atoms with Crippen molar-refractivity contribution in [3.8, 4) is 0 Å². The maximum absolute atomic E-state index is 12.3. The van der Waals surface area contributed by atoms with E-state index >= 15 is 0 Å². The van der Waals surface area contributed by atoms with Crippen molar-refractivity contribution < 1.29 is 18.7 Å². The van der Waals surface area contributed by atoms with E-state index in [2.05, 4.69) is 15.9 Å². The van der Waals surface area contributed by atoms with Crippen LogP contribution in [0, 0.1) is 0 Å². The first-order valence-electron chi connectivity index (χ1n) is 5.70. The molecule has 0 aliphatic carbocycles.